The molecule has 1 fully saturated rings. The van der Waals surface area contributed by atoms with Crippen LogP contribution in [0.2, 0.25) is 0 Å². The lowest BCUT2D eigenvalue weighted by Gasteiger charge is -2.17. The standard InChI is InChI=1S/C13H17N5O7/c19-1-5(13(23)24)17-10-7-11(15-3-14-10)18(4-16-7)12-9(22)8(21)6(2-20)25-12/h3-6,8-9,12,19-22H,1-2H2,(H,23,24)(H,14,15,17)/t5-,6+,8?,9?,12+/m0/s1. The van der Waals surface area contributed by atoms with Crippen molar-refractivity contribution in [3.8, 4) is 0 Å². The van der Waals surface area contributed by atoms with Crippen LogP contribution in [0.5, 0.6) is 0 Å². The van der Waals surface area contributed by atoms with Gasteiger partial charge in [0.15, 0.2) is 23.2 Å². The summed E-state index contributed by atoms with van der Waals surface area (Å²) in [5, 5.41) is 49.8. The average Bonchev–Trinajstić information content (AvgIpc) is 3.15. The number of hydrogen-bond donors (Lipinski definition) is 6. The summed E-state index contributed by atoms with van der Waals surface area (Å²) in [4.78, 5) is 23.1. The Bertz CT molecular complexity index is 768. The van der Waals surface area contributed by atoms with Gasteiger partial charge >= 0.3 is 5.97 Å². The highest BCUT2D eigenvalue weighted by Crippen LogP contribution is 2.32. The highest BCUT2D eigenvalue weighted by atomic mass is 16.6. The smallest absolute Gasteiger partial charge is 0.328 e. The molecule has 0 amide bonds. The van der Waals surface area contributed by atoms with Crippen molar-refractivity contribution in [2.24, 2.45) is 0 Å². The van der Waals surface area contributed by atoms with E-state index in [1.54, 1.807) is 0 Å². The molecule has 0 bridgehead atoms. The summed E-state index contributed by atoms with van der Waals surface area (Å²) >= 11 is 0. The first kappa shape index (κ1) is 17.4. The lowest BCUT2D eigenvalue weighted by atomic mass is 10.1. The van der Waals surface area contributed by atoms with Crippen LogP contribution in [0, 0.1) is 0 Å². The first-order chi connectivity index (χ1) is 12.0. The second-order valence-corrected chi connectivity index (χ2v) is 5.49. The number of carbonyl (C=O) groups is 1. The quantitative estimate of drug-likeness (QED) is 0.317. The van der Waals surface area contributed by atoms with Gasteiger partial charge in [0, 0.05) is 0 Å². The topological polar surface area (TPSA) is 183 Å². The molecule has 3 heterocycles. The zero-order chi connectivity index (χ0) is 18.1. The first-order valence-corrected chi connectivity index (χ1v) is 7.38. The molecule has 2 aromatic heterocycles. The predicted octanol–water partition coefficient (Wildman–Crippen LogP) is -2.70. The van der Waals surface area contributed by atoms with Crippen LogP contribution in [0.25, 0.3) is 11.2 Å². The Morgan fingerprint density at radius 3 is 2.64 bits per heavy atom. The molecule has 12 nitrogen and oxygen atoms in total. The molecule has 1 aliphatic heterocycles. The van der Waals surface area contributed by atoms with Gasteiger partial charge in [-0.3, -0.25) is 4.57 Å². The highest BCUT2D eigenvalue weighted by Gasteiger charge is 2.44. The Hall–Kier alpha value is -2.38. The number of ether oxygens (including phenoxy) is 1. The Labute approximate surface area is 140 Å². The molecular weight excluding hydrogens is 338 g/mol. The van der Waals surface area contributed by atoms with Crippen LogP contribution in [-0.2, 0) is 9.53 Å². The molecule has 0 aromatic carbocycles. The summed E-state index contributed by atoms with van der Waals surface area (Å²) in [5.74, 6) is -1.19. The molecule has 2 aromatic rings. The normalized spacial score (nSPS) is 27.5. The lowest BCUT2D eigenvalue weighted by Crippen LogP contribution is -2.33. The van der Waals surface area contributed by atoms with Crippen molar-refractivity contribution in [1.82, 2.24) is 19.5 Å². The van der Waals surface area contributed by atoms with Gasteiger partial charge in [-0.1, -0.05) is 0 Å². The van der Waals surface area contributed by atoms with Crippen molar-refractivity contribution < 1.29 is 35.1 Å². The van der Waals surface area contributed by atoms with Crippen molar-refractivity contribution in [2.45, 2.75) is 30.6 Å². The molecule has 3 rings (SSSR count). The Balaban J connectivity index is 1.95. The minimum Gasteiger partial charge on any atom is -0.480 e. The second kappa shape index (κ2) is 6.85. The van der Waals surface area contributed by atoms with Gasteiger partial charge in [-0.25, -0.2) is 19.7 Å². The summed E-state index contributed by atoms with van der Waals surface area (Å²) in [6.07, 6.45) is -2.14. The zero-order valence-corrected chi connectivity index (χ0v) is 12.8. The summed E-state index contributed by atoms with van der Waals surface area (Å²) in [6.45, 7) is -1.13. The molecular formula is C13H17N5O7. The molecule has 2 unspecified atom stereocenters. The number of carboxylic acid groups (broad SMARTS) is 1. The van der Waals surface area contributed by atoms with Gasteiger partial charge < -0.3 is 35.6 Å². The number of imidazole rings is 1. The van der Waals surface area contributed by atoms with Crippen LogP contribution in [0.15, 0.2) is 12.7 Å². The molecule has 0 saturated carbocycles. The fraction of sp³-hybridized carbons (Fsp3) is 0.538. The van der Waals surface area contributed by atoms with Crippen molar-refractivity contribution >= 4 is 23.0 Å². The molecule has 12 heteroatoms. The largest absolute Gasteiger partial charge is 0.480 e. The van der Waals surface area contributed by atoms with Gasteiger partial charge in [0.25, 0.3) is 0 Å². The van der Waals surface area contributed by atoms with Gasteiger partial charge in [-0.15, -0.1) is 0 Å². The maximum Gasteiger partial charge on any atom is 0.328 e. The number of anilines is 1. The summed E-state index contributed by atoms with van der Waals surface area (Å²) in [5.41, 5.74) is 0.411. The number of rotatable bonds is 6. The molecule has 1 aliphatic rings. The summed E-state index contributed by atoms with van der Waals surface area (Å²) in [7, 11) is 0. The molecule has 1 saturated heterocycles. The maximum atomic E-state index is 11.0. The minimum atomic E-state index is -1.31. The maximum absolute atomic E-state index is 11.0. The van der Waals surface area contributed by atoms with E-state index >= 15 is 0 Å². The van der Waals surface area contributed by atoms with Crippen molar-refractivity contribution in [3.63, 3.8) is 0 Å². The number of aliphatic hydroxyl groups excluding tert-OH is 4. The first-order valence-electron chi connectivity index (χ1n) is 7.38. The third-order valence-electron chi connectivity index (χ3n) is 3.94. The lowest BCUT2D eigenvalue weighted by molar-refractivity contribution is -0.138. The van der Waals surface area contributed by atoms with E-state index in [1.165, 1.54) is 10.9 Å². The number of fused-ring (bicyclic) bond motifs is 1. The average molecular weight is 355 g/mol. The Morgan fingerprint density at radius 1 is 1.28 bits per heavy atom. The number of nitrogens with zero attached hydrogens (tertiary/aromatic N) is 4. The monoisotopic (exact) mass is 355 g/mol. The molecule has 25 heavy (non-hydrogen) atoms. The van der Waals surface area contributed by atoms with E-state index in [4.69, 9.17) is 20.1 Å². The van der Waals surface area contributed by atoms with Crippen LogP contribution in [-0.4, -0.2) is 88.6 Å². The molecule has 6 N–H and O–H groups in total. The van der Waals surface area contributed by atoms with E-state index in [0.717, 1.165) is 6.33 Å². The Kier molecular flexibility index (Phi) is 4.78. The van der Waals surface area contributed by atoms with Crippen LogP contribution in [0.3, 0.4) is 0 Å². The summed E-state index contributed by atoms with van der Waals surface area (Å²) < 4.78 is 6.77. The highest BCUT2D eigenvalue weighted by molar-refractivity contribution is 5.86. The molecule has 0 spiro atoms. The van der Waals surface area contributed by atoms with Gasteiger partial charge in [-0.05, 0) is 0 Å². The molecule has 0 aliphatic carbocycles. The number of carboxylic acids is 1. The number of aliphatic hydroxyl groups is 4. The second-order valence-electron chi connectivity index (χ2n) is 5.49. The number of aliphatic carboxylic acids is 1. The van der Waals surface area contributed by atoms with Crippen molar-refractivity contribution in [3.05, 3.63) is 12.7 Å². The summed E-state index contributed by atoms with van der Waals surface area (Å²) in [6, 6.07) is -1.28. The van der Waals surface area contributed by atoms with E-state index in [2.05, 4.69) is 20.3 Å². The van der Waals surface area contributed by atoms with Crippen molar-refractivity contribution in [1.29, 1.82) is 0 Å². The van der Waals surface area contributed by atoms with E-state index in [-0.39, 0.29) is 17.0 Å². The molecule has 5 atom stereocenters. The van der Waals surface area contributed by atoms with Gasteiger partial charge in [0.2, 0.25) is 0 Å². The van der Waals surface area contributed by atoms with E-state index in [9.17, 15) is 15.0 Å². The van der Waals surface area contributed by atoms with E-state index in [1.807, 2.05) is 0 Å². The van der Waals surface area contributed by atoms with Crippen molar-refractivity contribution in [2.75, 3.05) is 18.5 Å². The van der Waals surface area contributed by atoms with Gasteiger partial charge in [-0.2, -0.15) is 0 Å². The fourth-order valence-corrected chi connectivity index (χ4v) is 2.60. The fourth-order valence-electron chi connectivity index (χ4n) is 2.60. The Morgan fingerprint density at radius 2 is 2.04 bits per heavy atom. The van der Waals surface area contributed by atoms with Crippen LogP contribution >= 0.6 is 0 Å². The van der Waals surface area contributed by atoms with Gasteiger partial charge in [0.1, 0.15) is 30.7 Å². The minimum absolute atomic E-state index is 0.0805. The van der Waals surface area contributed by atoms with E-state index < -0.39 is 49.8 Å². The SMILES string of the molecule is O=C(O)[C@H](CO)Nc1ncnc2c1ncn2[C@@H]1O[C@H](CO)C(O)C1O. The van der Waals surface area contributed by atoms with Crippen LogP contribution < -0.4 is 5.32 Å². The van der Waals surface area contributed by atoms with Gasteiger partial charge in [0.05, 0.1) is 19.5 Å². The third-order valence-corrected chi connectivity index (χ3v) is 3.94. The number of aromatic nitrogens is 4. The van der Waals surface area contributed by atoms with Crippen LogP contribution in [0.4, 0.5) is 5.82 Å². The predicted molar refractivity (Wildman–Crippen MR) is 80.5 cm³/mol. The molecule has 136 valence electrons. The number of hydrogen-bond acceptors (Lipinski definition) is 10. The molecule has 0 radical (unpaired) electrons. The number of nitrogens with one attached hydrogen (secondary N) is 1. The van der Waals surface area contributed by atoms with E-state index in [0.29, 0.717) is 0 Å². The van der Waals surface area contributed by atoms with Crippen LogP contribution in [0.1, 0.15) is 6.23 Å². The zero-order valence-electron chi connectivity index (χ0n) is 12.8. The third kappa shape index (κ3) is 3.01.